The number of rotatable bonds is 5. The topological polar surface area (TPSA) is 78.5 Å². The quantitative estimate of drug-likeness (QED) is 0.795. The summed E-state index contributed by atoms with van der Waals surface area (Å²) in [6, 6.07) is 6.19. The number of hydrogen-bond donors (Lipinski definition) is 2. The average Bonchev–Trinajstić information content (AvgIpc) is 3.16. The van der Waals surface area contributed by atoms with Gasteiger partial charge in [0.15, 0.2) is 0 Å². The molecule has 3 amide bonds. The second-order valence-electron chi connectivity index (χ2n) is 6.75. The van der Waals surface area contributed by atoms with E-state index in [4.69, 9.17) is 0 Å². The number of nitrogens with zero attached hydrogens (tertiary/aromatic N) is 1. The molecule has 2 aliphatic rings. The molecule has 0 radical (unpaired) electrons. The first-order chi connectivity index (χ1) is 11.5. The van der Waals surface area contributed by atoms with Gasteiger partial charge in [0, 0.05) is 12.6 Å². The third-order valence-electron chi connectivity index (χ3n) is 4.69. The van der Waals surface area contributed by atoms with Crippen LogP contribution in [0.25, 0.3) is 0 Å². The van der Waals surface area contributed by atoms with Crippen LogP contribution in [-0.4, -0.2) is 47.8 Å². The maximum atomic E-state index is 12.7. The molecule has 0 saturated carbocycles. The van der Waals surface area contributed by atoms with Crippen molar-refractivity contribution in [2.75, 3.05) is 13.1 Å². The van der Waals surface area contributed by atoms with Crippen molar-refractivity contribution in [2.24, 2.45) is 5.92 Å². The van der Waals surface area contributed by atoms with Crippen LogP contribution in [0, 0.1) is 5.92 Å². The number of nitrogens with one attached hydrogen (secondary N) is 2. The summed E-state index contributed by atoms with van der Waals surface area (Å²) in [5, 5.41) is 6.22. The first-order valence-corrected chi connectivity index (χ1v) is 8.48. The summed E-state index contributed by atoms with van der Waals surface area (Å²) in [6.07, 6.45) is 2.13. The summed E-state index contributed by atoms with van der Waals surface area (Å²) >= 11 is 0. The van der Waals surface area contributed by atoms with E-state index in [1.165, 1.54) is 0 Å². The van der Waals surface area contributed by atoms with Gasteiger partial charge in [-0.3, -0.25) is 19.3 Å². The summed E-state index contributed by atoms with van der Waals surface area (Å²) in [6.45, 7) is 5.18. The monoisotopic (exact) mass is 329 g/mol. The van der Waals surface area contributed by atoms with E-state index in [1.54, 1.807) is 24.3 Å². The van der Waals surface area contributed by atoms with E-state index < -0.39 is 6.04 Å². The largest absolute Gasteiger partial charge is 0.353 e. The van der Waals surface area contributed by atoms with Crippen LogP contribution >= 0.6 is 0 Å². The predicted octanol–water partition coefficient (Wildman–Crippen LogP) is 1.18. The molecule has 3 rings (SSSR count). The van der Waals surface area contributed by atoms with E-state index in [-0.39, 0.29) is 29.7 Å². The first-order valence-electron chi connectivity index (χ1n) is 8.48. The number of amides is 3. The zero-order valence-electron chi connectivity index (χ0n) is 14.0. The number of carbonyl (C=O) groups excluding carboxylic acids is 3. The molecule has 1 aromatic rings. The molecule has 2 N–H and O–H groups in total. The molecule has 2 atom stereocenters. The Kier molecular flexibility index (Phi) is 4.66. The lowest BCUT2D eigenvalue weighted by molar-refractivity contribution is -0.126. The van der Waals surface area contributed by atoms with Gasteiger partial charge >= 0.3 is 0 Å². The second kappa shape index (κ2) is 6.73. The molecule has 0 aliphatic carbocycles. The van der Waals surface area contributed by atoms with Crippen molar-refractivity contribution < 1.29 is 14.4 Å². The van der Waals surface area contributed by atoms with Gasteiger partial charge in [-0.1, -0.05) is 26.0 Å². The highest BCUT2D eigenvalue weighted by atomic mass is 16.2. The lowest BCUT2D eigenvalue weighted by Gasteiger charge is -2.28. The summed E-state index contributed by atoms with van der Waals surface area (Å²) in [4.78, 5) is 39.1. The Balaban J connectivity index is 1.77. The summed E-state index contributed by atoms with van der Waals surface area (Å²) in [5.41, 5.74) is 0.747. The Hall–Kier alpha value is -2.21. The molecule has 2 unspecified atom stereocenters. The molecule has 24 heavy (non-hydrogen) atoms. The molecule has 6 nitrogen and oxygen atoms in total. The van der Waals surface area contributed by atoms with Crippen LogP contribution in [0.1, 0.15) is 47.4 Å². The second-order valence-corrected chi connectivity index (χ2v) is 6.75. The van der Waals surface area contributed by atoms with Gasteiger partial charge in [0.1, 0.15) is 6.04 Å². The van der Waals surface area contributed by atoms with Crippen molar-refractivity contribution in [3.8, 4) is 0 Å². The maximum Gasteiger partial charge on any atom is 0.262 e. The van der Waals surface area contributed by atoms with Gasteiger partial charge in [0.25, 0.3) is 11.8 Å². The summed E-state index contributed by atoms with van der Waals surface area (Å²) in [5.74, 6) is -1.20. The fourth-order valence-electron chi connectivity index (χ4n) is 3.44. The molecular formula is C18H23N3O3. The molecule has 128 valence electrons. The zero-order valence-corrected chi connectivity index (χ0v) is 14.0. The minimum absolute atomic E-state index is 0.163. The fraction of sp³-hybridized carbons (Fsp3) is 0.500. The highest BCUT2D eigenvalue weighted by Gasteiger charge is 2.43. The molecule has 1 saturated heterocycles. The molecule has 6 heteroatoms. The van der Waals surface area contributed by atoms with E-state index >= 15 is 0 Å². The molecular weight excluding hydrogens is 306 g/mol. The minimum atomic E-state index is -0.793. The Morgan fingerprint density at radius 2 is 1.88 bits per heavy atom. The smallest absolute Gasteiger partial charge is 0.262 e. The fourth-order valence-corrected chi connectivity index (χ4v) is 3.44. The van der Waals surface area contributed by atoms with Crippen LogP contribution in [0.15, 0.2) is 24.3 Å². The van der Waals surface area contributed by atoms with Crippen LogP contribution in [0.3, 0.4) is 0 Å². The van der Waals surface area contributed by atoms with Gasteiger partial charge in [-0.25, -0.2) is 0 Å². The van der Waals surface area contributed by atoms with Crippen LogP contribution in [0.4, 0.5) is 0 Å². The van der Waals surface area contributed by atoms with Crippen molar-refractivity contribution in [3.63, 3.8) is 0 Å². The molecule has 0 aromatic heterocycles. The van der Waals surface area contributed by atoms with Crippen LogP contribution in [0.2, 0.25) is 0 Å². The van der Waals surface area contributed by atoms with Gasteiger partial charge < -0.3 is 10.6 Å². The molecule has 2 heterocycles. The Morgan fingerprint density at radius 3 is 2.38 bits per heavy atom. The summed E-state index contributed by atoms with van der Waals surface area (Å²) in [7, 11) is 0. The molecule has 0 spiro atoms. The highest BCUT2D eigenvalue weighted by Crippen LogP contribution is 2.27. The Labute approximate surface area is 141 Å². The minimum Gasteiger partial charge on any atom is -0.353 e. The zero-order chi connectivity index (χ0) is 17.3. The van der Waals surface area contributed by atoms with Gasteiger partial charge in [0.05, 0.1) is 11.1 Å². The van der Waals surface area contributed by atoms with E-state index in [2.05, 4.69) is 10.6 Å². The van der Waals surface area contributed by atoms with E-state index in [0.29, 0.717) is 17.7 Å². The van der Waals surface area contributed by atoms with E-state index in [1.807, 2.05) is 13.8 Å². The van der Waals surface area contributed by atoms with Crippen molar-refractivity contribution in [2.45, 2.75) is 38.8 Å². The molecule has 1 aromatic carbocycles. The SMILES string of the molecule is CC(C)C(C(=O)NCC1CCCN1)N1C(=O)c2ccccc2C1=O. The van der Waals surface area contributed by atoms with Crippen molar-refractivity contribution in [3.05, 3.63) is 35.4 Å². The predicted molar refractivity (Wildman–Crippen MR) is 89.6 cm³/mol. The number of fused-ring (bicyclic) bond motifs is 1. The molecule has 1 fully saturated rings. The van der Waals surface area contributed by atoms with Gasteiger partial charge in [0.2, 0.25) is 5.91 Å². The number of imide groups is 1. The number of benzene rings is 1. The van der Waals surface area contributed by atoms with Crippen LogP contribution < -0.4 is 10.6 Å². The summed E-state index contributed by atoms with van der Waals surface area (Å²) < 4.78 is 0. The van der Waals surface area contributed by atoms with E-state index in [0.717, 1.165) is 24.3 Å². The Morgan fingerprint density at radius 1 is 1.25 bits per heavy atom. The van der Waals surface area contributed by atoms with Crippen molar-refractivity contribution in [1.82, 2.24) is 15.5 Å². The number of hydrogen-bond acceptors (Lipinski definition) is 4. The first kappa shape index (κ1) is 16.6. The third kappa shape index (κ3) is 2.94. The van der Waals surface area contributed by atoms with E-state index in [9.17, 15) is 14.4 Å². The van der Waals surface area contributed by atoms with Crippen LogP contribution in [-0.2, 0) is 4.79 Å². The Bertz CT molecular complexity index is 630. The van der Waals surface area contributed by atoms with Gasteiger partial charge in [-0.2, -0.15) is 0 Å². The lowest BCUT2D eigenvalue weighted by atomic mass is 10.0. The average molecular weight is 329 g/mol. The van der Waals surface area contributed by atoms with Crippen LogP contribution in [0.5, 0.6) is 0 Å². The maximum absolute atomic E-state index is 12.7. The normalized spacial score (nSPS) is 21.3. The standard InChI is InChI=1S/C18H23N3O3/c1-11(2)15(16(22)20-10-12-6-5-9-19-12)21-17(23)13-7-3-4-8-14(13)18(21)24/h3-4,7-8,11-12,15,19H,5-6,9-10H2,1-2H3,(H,20,22). The lowest BCUT2D eigenvalue weighted by Crippen LogP contribution is -2.53. The van der Waals surface area contributed by atoms with Gasteiger partial charge in [-0.05, 0) is 37.4 Å². The molecule has 2 aliphatic heterocycles. The highest BCUT2D eigenvalue weighted by molar-refractivity contribution is 6.22. The van der Waals surface area contributed by atoms with Crippen molar-refractivity contribution >= 4 is 17.7 Å². The third-order valence-corrected chi connectivity index (χ3v) is 4.69. The number of carbonyl (C=O) groups is 3. The molecule has 0 bridgehead atoms. The van der Waals surface area contributed by atoms with Gasteiger partial charge in [-0.15, -0.1) is 0 Å². The van der Waals surface area contributed by atoms with Crippen molar-refractivity contribution in [1.29, 1.82) is 0 Å².